The summed E-state index contributed by atoms with van der Waals surface area (Å²) in [5, 5.41) is 7.97. The minimum atomic E-state index is -3.71. The number of amides is 1. The molecule has 0 heterocycles. The maximum Gasteiger partial charge on any atom is 0.238 e. The van der Waals surface area contributed by atoms with Crippen molar-refractivity contribution in [2.45, 2.75) is 29.7 Å². The molecule has 8 heteroatoms. The highest BCUT2D eigenvalue weighted by atomic mass is 32.2. The van der Waals surface area contributed by atoms with Crippen LogP contribution in [0.2, 0.25) is 0 Å². The summed E-state index contributed by atoms with van der Waals surface area (Å²) in [4.78, 5) is 13.2. The fourth-order valence-electron chi connectivity index (χ4n) is 2.26. The third-order valence-corrected chi connectivity index (χ3v) is 5.53. The summed E-state index contributed by atoms with van der Waals surface area (Å²) >= 11 is 1.43. The molecule has 0 bridgehead atoms. The van der Waals surface area contributed by atoms with Crippen molar-refractivity contribution in [2.24, 2.45) is 5.14 Å². The van der Waals surface area contributed by atoms with E-state index in [-0.39, 0.29) is 22.6 Å². The molecule has 0 spiro atoms. The molecule has 3 N–H and O–H groups in total. The number of carbonyl (C=O) groups is 1. The van der Waals surface area contributed by atoms with Gasteiger partial charge in [0, 0.05) is 4.90 Å². The zero-order chi connectivity index (χ0) is 19.2. The van der Waals surface area contributed by atoms with Crippen molar-refractivity contribution in [2.75, 3.05) is 12.4 Å². The molecule has 0 radical (unpaired) electrons. The van der Waals surface area contributed by atoms with Gasteiger partial charge in [-0.05, 0) is 55.8 Å². The molecule has 6 nitrogen and oxygen atoms in total. The maximum atomic E-state index is 12.1. The van der Waals surface area contributed by atoms with Crippen molar-refractivity contribution in [1.82, 2.24) is 5.32 Å². The van der Waals surface area contributed by atoms with Gasteiger partial charge in [0.1, 0.15) is 5.75 Å². The lowest BCUT2D eigenvalue weighted by Gasteiger charge is -2.14. The molecular formula is C18H22N2O4S2. The summed E-state index contributed by atoms with van der Waals surface area (Å²) in [5.74, 6) is 0.984. The number of carbonyl (C=O) groups excluding carboxylic acids is 1. The Morgan fingerprint density at radius 2 is 1.77 bits per heavy atom. The van der Waals surface area contributed by atoms with Crippen molar-refractivity contribution in [3.63, 3.8) is 0 Å². The SMILES string of the molecule is CCOc1ccc(SCC(=O)N[C@@H](C)c2ccc(S(N)(=O)=O)cc2)cc1. The van der Waals surface area contributed by atoms with E-state index in [4.69, 9.17) is 9.88 Å². The van der Waals surface area contributed by atoms with Crippen LogP contribution in [0.5, 0.6) is 5.75 Å². The van der Waals surface area contributed by atoms with Crippen LogP contribution >= 0.6 is 11.8 Å². The molecule has 0 saturated heterocycles. The topological polar surface area (TPSA) is 98.5 Å². The fraction of sp³-hybridized carbons (Fsp3) is 0.278. The van der Waals surface area contributed by atoms with Gasteiger partial charge in [-0.3, -0.25) is 4.79 Å². The molecular weight excluding hydrogens is 372 g/mol. The Morgan fingerprint density at radius 3 is 2.31 bits per heavy atom. The Kier molecular flexibility index (Phi) is 7.07. The average Bonchev–Trinajstić information content (AvgIpc) is 2.61. The van der Waals surface area contributed by atoms with Crippen LogP contribution in [0, 0.1) is 0 Å². The van der Waals surface area contributed by atoms with E-state index in [1.807, 2.05) is 38.1 Å². The lowest BCUT2D eigenvalue weighted by atomic mass is 10.1. The van der Waals surface area contributed by atoms with Gasteiger partial charge in [-0.15, -0.1) is 11.8 Å². The zero-order valence-electron chi connectivity index (χ0n) is 14.6. The van der Waals surface area contributed by atoms with Gasteiger partial charge in [-0.1, -0.05) is 12.1 Å². The third-order valence-electron chi connectivity index (χ3n) is 3.59. The van der Waals surface area contributed by atoms with Crippen LogP contribution in [-0.2, 0) is 14.8 Å². The molecule has 0 aromatic heterocycles. The summed E-state index contributed by atoms with van der Waals surface area (Å²) in [6, 6.07) is 13.5. The first-order valence-electron chi connectivity index (χ1n) is 8.07. The van der Waals surface area contributed by atoms with E-state index in [0.29, 0.717) is 6.61 Å². The number of benzene rings is 2. The van der Waals surface area contributed by atoms with Crippen molar-refractivity contribution in [3.05, 3.63) is 54.1 Å². The molecule has 2 rings (SSSR count). The van der Waals surface area contributed by atoms with Crippen molar-refractivity contribution < 1.29 is 17.9 Å². The molecule has 0 saturated carbocycles. The second-order valence-electron chi connectivity index (χ2n) is 5.60. The molecule has 1 atom stereocenters. The van der Waals surface area contributed by atoms with Crippen LogP contribution in [0.4, 0.5) is 0 Å². The summed E-state index contributed by atoms with van der Waals surface area (Å²) in [7, 11) is -3.71. The number of hydrogen-bond donors (Lipinski definition) is 2. The second kappa shape index (κ2) is 9.07. The Bertz CT molecular complexity index is 834. The summed E-state index contributed by atoms with van der Waals surface area (Å²) < 4.78 is 27.9. The molecule has 26 heavy (non-hydrogen) atoms. The summed E-state index contributed by atoms with van der Waals surface area (Å²) in [6.07, 6.45) is 0. The third kappa shape index (κ3) is 6.05. The Hall–Kier alpha value is -2.03. The molecule has 140 valence electrons. The van der Waals surface area contributed by atoms with Gasteiger partial charge in [-0.25, -0.2) is 13.6 Å². The quantitative estimate of drug-likeness (QED) is 0.671. The Balaban J connectivity index is 1.86. The Morgan fingerprint density at radius 1 is 1.15 bits per heavy atom. The minimum Gasteiger partial charge on any atom is -0.494 e. The minimum absolute atomic E-state index is 0.0471. The molecule has 0 unspecified atom stereocenters. The van der Waals surface area contributed by atoms with Crippen LogP contribution in [-0.4, -0.2) is 26.7 Å². The second-order valence-corrected chi connectivity index (χ2v) is 8.21. The van der Waals surface area contributed by atoms with Crippen molar-refractivity contribution in [3.8, 4) is 5.75 Å². The molecule has 0 aliphatic rings. The molecule has 1 amide bonds. The van der Waals surface area contributed by atoms with Gasteiger partial charge < -0.3 is 10.1 Å². The average molecular weight is 395 g/mol. The number of rotatable bonds is 8. The molecule has 2 aromatic carbocycles. The van der Waals surface area contributed by atoms with E-state index in [0.717, 1.165) is 16.2 Å². The van der Waals surface area contributed by atoms with E-state index in [1.165, 1.54) is 23.9 Å². The predicted molar refractivity (Wildman–Crippen MR) is 103 cm³/mol. The van der Waals surface area contributed by atoms with Crippen LogP contribution in [0.25, 0.3) is 0 Å². The first-order valence-corrected chi connectivity index (χ1v) is 10.6. The van der Waals surface area contributed by atoms with E-state index in [9.17, 15) is 13.2 Å². The van der Waals surface area contributed by atoms with Crippen molar-refractivity contribution >= 4 is 27.7 Å². The number of hydrogen-bond acceptors (Lipinski definition) is 5. The normalized spacial score (nSPS) is 12.4. The van der Waals surface area contributed by atoms with Gasteiger partial charge in [0.25, 0.3) is 0 Å². The smallest absolute Gasteiger partial charge is 0.238 e. The van der Waals surface area contributed by atoms with Crippen LogP contribution in [0.15, 0.2) is 58.3 Å². The fourth-order valence-corrected chi connectivity index (χ4v) is 3.49. The number of nitrogens with one attached hydrogen (secondary N) is 1. The van der Waals surface area contributed by atoms with Crippen LogP contribution in [0.1, 0.15) is 25.5 Å². The highest BCUT2D eigenvalue weighted by molar-refractivity contribution is 8.00. The molecule has 0 fully saturated rings. The highest BCUT2D eigenvalue weighted by Gasteiger charge is 2.12. The van der Waals surface area contributed by atoms with Gasteiger partial charge in [0.15, 0.2) is 0 Å². The highest BCUT2D eigenvalue weighted by Crippen LogP contribution is 2.22. The first-order chi connectivity index (χ1) is 12.3. The van der Waals surface area contributed by atoms with Gasteiger partial charge in [0.05, 0.1) is 23.3 Å². The lowest BCUT2D eigenvalue weighted by Crippen LogP contribution is -2.28. The number of ether oxygens (including phenoxy) is 1. The van der Waals surface area contributed by atoms with Crippen molar-refractivity contribution in [1.29, 1.82) is 0 Å². The van der Waals surface area contributed by atoms with Crippen LogP contribution < -0.4 is 15.2 Å². The number of primary sulfonamides is 1. The lowest BCUT2D eigenvalue weighted by molar-refractivity contribution is -0.119. The van der Waals surface area contributed by atoms with Gasteiger partial charge in [-0.2, -0.15) is 0 Å². The molecule has 2 aromatic rings. The summed E-state index contributed by atoms with van der Waals surface area (Å²) in [5.41, 5.74) is 0.803. The monoisotopic (exact) mass is 394 g/mol. The van der Waals surface area contributed by atoms with Gasteiger partial charge in [0.2, 0.25) is 15.9 Å². The summed E-state index contributed by atoms with van der Waals surface area (Å²) in [6.45, 7) is 4.38. The van der Waals surface area contributed by atoms with E-state index in [1.54, 1.807) is 12.1 Å². The first kappa shape index (κ1) is 20.3. The van der Waals surface area contributed by atoms with E-state index < -0.39 is 10.0 Å². The number of thioether (sulfide) groups is 1. The largest absolute Gasteiger partial charge is 0.494 e. The molecule has 0 aliphatic carbocycles. The standard InChI is InChI=1S/C18H22N2O4S2/c1-3-24-15-6-8-16(9-7-15)25-12-18(21)20-13(2)14-4-10-17(11-5-14)26(19,22)23/h4-11,13H,3,12H2,1-2H3,(H,20,21)(H2,19,22,23)/t13-/m0/s1. The van der Waals surface area contributed by atoms with E-state index >= 15 is 0 Å². The molecule has 0 aliphatic heterocycles. The number of sulfonamides is 1. The van der Waals surface area contributed by atoms with Crippen LogP contribution in [0.3, 0.4) is 0 Å². The maximum absolute atomic E-state index is 12.1. The van der Waals surface area contributed by atoms with Gasteiger partial charge >= 0.3 is 0 Å². The predicted octanol–water partition coefficient (Wildman–Crippen LogP) is 2.70. The Labute approximate surface area is 158 Å². The van der Waals surface area contributed by atoms with E-state index in [2.05, 4.69) is 5.32 Å². The zero-order valence-corrected chi connectivity index (χ0v) is 16.3. The number of nitrogens with two attached hydrogens (primary N) is 1.